The molecule has 0 aliphatic heterocycles. The molecule has 19 heavy (non-hydrogen) atoms. The molecule has 0 atom stereocenters. The molecule has 1 heterocycles. The second kappa shape index (κ2) is 5.71. The van der Waals surface area contributed by atoms with Gasteiger partial charge in [-0.3, -0.25) is 9.78 Å². The number of benzene rings is 1. The highest BCUT2D eigenvalue weighted by Crippen LogP contribution is 2.23. The SMILES string of the molecule is CNc1ccc(Cl)cc1C(=O)N(C)c1cccnc1. The Labute approximate surface area is 117 Å². The molecule has 1 aromatic carbocycles. The van der Waals surface area contributed by atoms with E-state index in [9.17, 15) is 4.79 Å². The van der Waals surface area contributed by atoms with E-state index in [1.165, 1.54) is 0 Å². The van der Waals surface area contributed by atoms with Crippen molar-refractivity contribution < 1.29 is 4.79 Å². The first-order valence-electron chi connectivity index (χ1n) is 5.79. The molecule has 98 valence electrons. The molecule has 0 fully saturated rings. The third-order valence-corrected chi connectivity index (χ3v) is 3.05. The van der Waals surface area contributed by atoms with Gasteiger partial charge in [0.1, 0.15) is 0 Å². The molecule has 2 rings (SSSR count). The van der Waals surface area contributed by atoms with Crippen molar-refractivity contribution in [2.24, 2.45) is 0 Å². The minimum atomic E-state index is -0.139. The monoisotopic (exact) mass is 275 g/mol. The van der Waals surface area contributed by atoms with E-state index < -0.39 is 0 Å². The maximum atomic E-state index is 12.5. The highest BCUT2D eigenvalue weighted by molar-refractivity contribution is 6.31. The fourth-order valence-electron chi connectivity index (χ4n) is 1.76. The van der Waals surface area contributed by atoms with E-state index >= 15 is 0 Å². The van der Waals surface area contributed by atoms with Crippen LogP contribution in [0.25, 0.3) is 0 Å². The standard InChI is InChI=1S/C14H14ClN3O/c1-16-13-6-5-10(15)8-12(13)14(19)18(2)11-4-3-7-17-9-11/h3-9,16H,1-2H3. The molecule has 0 saturated carbocycles. The number of carbonyl (C=O) groups excluding carboxylic acids is 1. The second-order valence-corrected chi connectivity index (χ2v) is 4.45. The molecule has 0 spiro atoms. The Morgan fingerprint density at radius 2 is 2.16 bits per heavy atom. The van der Waals surface area contributed by atoms with Crippen LogP contribution in [0.4, 0.5) is 11.4 Å². The molecular weight excluding hydrogens is 262 g/mol. The van der Waals surface area contributed by atoms with Crippen LogP contribution in [0, 0.1) is 0 Å². The topological polar surface area (TPSA) is 45.2 Å². The van der Waals surface area contributed by atoms with Gasteiger partial charge in [-0.1, -0.05) is 11.6 Å². The summed E-state index contributed by atoms with van der Waals surface area (Å²) in [6, 6.07) is 8.80. The minimum Gasteiger partial charge on any atom is -0.387 e. The maximum Gasteiger partial charge on any atom is 0.260 e. The number of rotatable bonds is 3. The van der Waals surface area contributed by atoms with Crippen molar-refractivity contribution >= 4 is 28.9 Å². The van der Waals surface area contributed by atoms with E-state index in [4.69, 9.17) is 11.6 Å². The van der Waals surface area contributed by atoms with E-state index in [0.717, 1.165) is 11.4 Å². The van der Waals surface area contributed by atoms with E-state index in [1.807, 2.05) is 6.07 Å². The number of nitrogens with one attached hydrogen (secondary N) is 1. The predicted molar refractivity (Wildman–Crippen MR) is 78.0 cm³/mol. The molecule has 2 aromatic rings. The van der Waals surface area contributed by atoms with Gasteiger partial charge in [-0.2, -0.15) is 0 Å². The van der Waals surface area contributed by atoms with Gasteiger partial charge in [0.25, 0.3) is 5.91 Å². The van der Waals surface area contributed by atoms with Gasteiger partial charge in [-0.15, -0.1) is 0 Å². The Balaban J connectivity index is 2.37. The third-order valence-electron chi connectivity index (χ3n) is 2.82. The summed E-state index contributed by atoms with van der Waals surface area (Å²) in [4.78, 5) is 18.0. The normalized spacial score (nSPS) is 10.1. The van der Waals surface area contributed by atoms with E-state index in [0.29, 0.717) is 10.6 Å². The lowest BCUT2D eigenvalue weighted by molar-refractivity contribution is 0.0993. The van der Waals surface area contributed by atoms with Crippen LogP contribution in [0.2, 0.25) is 5.02 Å². The van der Waals surface area contributed by atoms with Gasteiger partial charge < -0.3 is 10.2 Å². The highest BCUT2D eigenvalue weighted by Gasteiger charge is 2.17. The quantitative estimate of drug-likeness (QED) is 0.936. The zero-order valence-electron chi connectivity index (χ0n) is 10.7. The molecule has 4 nitrogen and oxygen atoms in total. The first-order chi connectivity index (χ1) is 9.13. The molecule has 1 amide bonds. The lowest BCUT2D eigenvalue weighted by Crippen LogP contribution is -2.27. The number of halogens is 1. The van der Waals surface area contributed by atoms with Crippen molar-refractivity contribution in [2.75, 3.05) is 24.3 Å². The van der Waals surface area contributed by atoms with Gasteiger partial charge in [0.15, 0.2) is 0 Å². The first kappa shape index (κ1) is 13.4. The number of hydrogen-bond acceptors (Lipinski definition) is 3. The van der Waals surface area contributed by atoms with Crippen molar-refractivity contribution in [1.82, 2.24) is 4.98 Å². The van der Waals surface area contributed by atoms with E-state index in [-0.39, 0.29) is 5.91 Å². The van der Waals surface area contributed by atoms with E-state index in [1.54, 1.807) is 55.7 Å². The minimum absolute atomic E-state index is 0.139. The van der Waals surface area contributed by atoms with Crippen LogP contribution >= 0.6 is 11.6 Å². The number of nitrogens with zero attached hydrogens (tertiary/aromatic N) is 2. The van der Waals surface area contributed by atoms with Crippen molar-refractivity contribution in [3.05, 3.63) is 53.3 Å². The van der Waals surface area contributed by atoms with Gasteiger partial charge in [-0.05, 0) is 30.3 Å². The highest BCUT2D eigenvalue weighted by atomic mass is 35.5. The lowest BCUT2D eigenvalue weighted by atomic mass is 10.1. The summed E-state index contributed by atoms with van der Waals surface area (Å²) in [6.45, 7) is 0. The summed E-state index contributed by atoms with van der Waals surface area (Å²) in [6.07, 6.45) is 3.31. The van der Waals surface area contributed by atoms with Crippen LogP contribution < -0.4 is 10.2 Å². The van der Waals surface area contributed by atoms with Crippen LogP contribution in [-0.2, 0) is 0 Å². The summed E-state index contributed by atoms with van der Waals surface area (Å²) in [7, 11) is 3.48. The number of hydrogen-bond donors (Lipinski definition) is 1. The molecule has 0 saturated heterocycles. The Kier molecular flexibility index (Phi) is 4.02. The van der Waals surface area contributed by atoms with Gasteiger partial charge >= 0.3 is 0 Å². The van der Waals surface area contributed by atoms with Crippen molar-refractivity contribution in [3.8, 4) is 0 Å². The molecule has 1 aromatic heterocycles. The van der Waals surface area contributed by atoms with Crippen molar-refractivity contribution in [3.63, 3.8) is 0 Å². The van der Waals surface area contributed by atoms with Gasteiger partial charge in [0, 0.05) is 31.0 Å². The number of pyridine rings is 1. The van der Waals surface area contributed by atoms with Crippen molar-refractivity contribution in [1.29, 1.82) is 0 Å². The number of amides is 1. The molecule has 5 heteroatoms. The first-order valence-corrected chi connectivity index (χ1v) is 6.16. The van der Waals surface area contributed by atoms with Crippen LogP contribution in [-0.4, -0.2) is 25.0 Å². The van der Waals surface area contributed by atoms with Crippen LogP contribution in [0.1, 0.15) is 10.4 Å². The maximum absolute atomic E-state index is 12.5. The van der Waals surface area contributed by atoms with Crippen LogP contribution in [0.15, 0.2) is 42.7 Å². The summed E-state index contributed by atoms with van der Waals surface area (Å²) in [5, 5.41) is 3.52. The average Bonchev–Trinajstić information content (AvgIpc) is 2.46. The Morgan fingerprint density at radius 3 is 2.79 bits per heavy atom. The Morgan fingerprint density at radius 1 is 1.37 bits per heavy atom. The zero-order chi connectivity index (χ0) is 13.8. The van der Waals surface area contributed by atoms with Crippen LogP contribution in [0.3, 0.4) is 0 Å². The van der Waals surface area contributed by atoms with Gasteiger partial charge in [-0.25, -0.2) is 0 Å². The lowest BCUT2D eigenvalue weighted by Gasteiger charge is -2.18. The molecular formula is C14H14ClN3O. The molecule has 0 aliphatic rings. The molecule has 0 unspecified atom stereocenters. The average molecular weight is 276 g/mol. The number of aromatic nitrogens is 1. The van der Waals surface area contributed by atoms with E-state index in [2.05, 4.69) is 10.3 Å². The molecule has 0 aliphatic carbocycles. The summed E-state index contributed by atoms with van der Waals surface area (Å²) < 4.78 is 0. The summed E-state index contributed by atoms with van der Waals surface area (Å²) in [5.74, 6) is -0.139. The summed E-state index contributed by atoms with van der Waals surface area (Å²) in [5.41, 5.74) is 2.00. The Hall–Kier alpha value is -2.07. The predicted octanol–water partition coefficient (Wildman–Crippen LogP) is 3.05. The Bertz CT molecular complexity index is 586. The van der Waals surface area contributed by atoms with Gasteiger partial charge in [0.05, 0.1) is 17.4 Å². The fraction of sp³-hybridized carbons (Fsp3) is 0.143. The summed E-state index contributed by atoms with van der Waals surface area (Å²) >= 11 is 5.96. The largest absolute Gasteiger partial charge is 0.387 e. The molecule has 1 N–H and O–H groups in total. The second-order valence-electron chi connectivity index (χ2n) is 4.02. The zero-order valence-corrected chi connectivity index (χ0v) is 11.5. The number of anilines is 2. The molecule has 0 radical (unpaired) electrons. The fourth-order valence-corrected chi connectivity index (χ4v) is 1.93. The van der Waals surface area contributed by atoms with Crippen molar-refractivity contribution in [2.45, 2.75) is 0 Å². The smallest absolute Gasteiger partial charge is 0.260 e. The molecule has 0 bridgehead atoms. The number of carbonyl (C=O) groups is 1. The third kappa shape index (κ3) is 2.85. The van der Waals surface area contributed by atoms with Gasteiger partial charge in [0.2, 0.25) is 0 Å². The van der Waals surface area contributed by atoms with Crippen LogP contribution in [0.5, 0.6) is 0 Å².